The van der Waals surface area contributed by atoms with Crippen LogP contribution in [0, 0.1) is 34.6 Å². The fourth-order valence-corrected chi connectivity index (χ4v) is 9.44. The van der Waals surface area contributed by atoms with E-state index in [1.807, 2.05) is 46.3 Å². The van der Waals surface area contributed by atoms with Gasteiger partial charge in [-0.3, -0.25) is 5.10 Å². The van der Waals surface area contributed by atoms with Gasteiger partial charge in [0.15, 0.2) is 41.0 Å². The minimum atomic E-state index is -0.973. The van der Waals surface area contributed by atoms with Gasteiger partial charge in [-0.05, 0) is 161 Å². The summed E-state index contributed by atoms with van der Waals surface area (Å²) in [6.07, 6.45) is 19.2. The van der Waals surface area contributed by atoms with E-state index in [9.17, 15) is 24.0 Å². The Morgan fingerprint density at radius 1 is 0.522 bits per heavy atom. The molecule has 0 saturated heterocycles. The van der Waals surface area contributed by atoms with Crippen LogP contribution in [-0.2, 0) is 37.9 Å². The topological polar surface area (TPSA) is 355 Å². The van der Waals surface area contributed by atoms with Crippen LogP contribution < -0.4 is 5.73 Å². The standard InChI is InChI=1S/C13H15N3O2.C11H11N3O2.C11H24O4.C10H10BrN3O2.C10H11N3O2.C7H11N3O2/c1-3-18-13(17)11-8(2)15-16-7-10(9-4-5-9)6-14-12(11)16;1-6-9(11(15)16)10-12-4-8(7-2-3-7)5-14(10)13-6;1-5-12-10(13-6-2)9-11(14-7-3)15-8-4;1-3-16-10(15)8-6(2)13-14-5-7(11)4-12-9(8)14;1-3-15-10(14)8-7(2)12-13-6-4-5-11-9(8)13;1-3-12-7(11)5-4(2)9-10-6(5)8/h6-7,9H,3-5H2,1-2H3;4-5,7H,2-3H2,1H3,(H,15,16);10-11H,5-9H2,1-4H3;4-5H,3H2,1-2H3;4-6H,3H2,1-2H3;3H2,1-2H3,(H3,8,9,10). The molecule has 2 saturated carbocycles. The van der Waals surface area contributed by atoms with Crippen molar-refractivity contribution in [2.45, 2.75) is 147 Å². The fourth-order valence-electron chi connectivity index (χ4n) is 9.15. The van der Waals surface area contributed by atoms with Crippen LogP contribution in [0.5, 0.6) is 0 Å². The molecule has 0 amide bonds. The zero-order valence-electron chi connectivity index (χ0n) is 54.2. The van der Waals surface area contributed by atoms with Gasteiger partial charge in [0.25, 0.3) is 0 Å². The highest BCUT2D eigenvalue weighted by atomic mass is 79.9. The van der Waals surface area contributed by atoms with Crippen LogP contribution in [0.1, 0.15) is 191 Å². The summed E-state index contributed by atoms with van der Waals surface area (Å²) in [4.78, 5) is 74.2. The number of carboxylic acids is 1. The van der Waals surface area contributed by atoms with Gasteiger partial charge in [0.05, 0.1) is 53.7 Å². The number of hydrogen-bond donors (Lipinski definition) is 3. The SMILES string of the molecule is CCOC(=O)c1c(C)nn2cc(Br)cnc12.CCOC(=O)c1c(C)nn2cc(C3CC3)cnc12.CCOC(=O)c1c(C)nn2cccnc12.CCOC(=O)c1c(N)n[nH]c1C.CCOC(CC(OCC)OCC)OCC.Cc1nn2cc(C3CC3)cnc2c1C(=O)O. The van der Waals surface area contributed by atoms with Crippen molar-refractivity contribution in [1.29, 1.82) is 0 Å². The molecule has 0 bridgehead atoms. The van der Waals surface area contributed by atoms with Gasteiger partial charge >= 0.3 is 29.8 Å². The molecule has 4 N–H and O–H groups in total. The Morgan fingerprint density at radius 3 is 1.25 bits per heavy atom. The first-order valence-corrected chi connectivity index (χ1v) is 31.2. The molecule has 2 fully saturated rings. The number of rotatable bonds is 21. The van der Waals surface area contributed by atoms with E-state index >= 15 is 0 Å². The Hall–Kier alpha value is -8.84. The quantitative estimate of drug-likeness (QED) is 0.0342. The Morgan fingerprint density at radius 2 is 0.880 bits per heavy atom. The Bertz CT molecular complexity index is 3880. The summed E-state index contributed by atoms with van der Waals surface area (Å²) in [5.41, 5.74) is 14.7. The van der Waals surface area contributed by atoms with E-state index in [2.05, 4.69) is 66.5 Å². The second-order valence-corrected chi connectivity index (χ2v) is 21.3. The number of aromatic amines is 1. The molecule has 9 aromatic heterocycles. The van der Waals surface area contributed by atoms with Crippen molar-refractivity contribution in [3.63, 3.8) is 0 Å². The Balaban J connectivity index is 0.000000176. The first-order chi connectivity index (χ1) is 44.2. The van der Waals surface area contributed by atoms with Gasteiger partial charge < -0.3 is 48.7 Å². The molecule has 496 valence electrons. The number of nitrogens with one attached hydrogen (secondary N) is 1. The van der Waals surface area contributed by atoms with E-state index in [4.69, 9.17) is 48.7 Å². The minimum Gasteiger partial charge on any atom is -0.477 e. The van der Waals surface area contributed by atoms with Gasteiger partial charge in [-0.25, -0.2) is 62.0 Å². The van der Waals surface area contributed by atoms with Crippen LogP contribution in [0.2, 0.25) is 0 Å². The predicted molar refractivity (Wildman–Crippen MR) is 340 cm³/mol. The summed E-state index contributed by atoms with van der Waals surface area (Å²) in [5.74, 6) is -1.11. The molecular formula is C62H82BrN15O14. The highest BCUT2D eigenvalue weighted by Gasteiger charge is 2.28. The number of halogens is 1. The molecule has 0 spiro atoms. The first-order valence-electron chi connectivity index (χ1n) is 30.4. The summed E-state index contributed by atoms with van der Waals surface area (Å²) in [6, 6.07) is 1.76. The minimum absolute atomic E-state index is 0.186. The smallest absolute Gasteiger partial charge is 0.343 e. The summed E-state index contributed by atoms with van der Waals surface area (Å²) in [7, 11) is 0. The van der Waals surface area contributed by atoms with Crippen molar-refractivity contribution in [1.82, 2.24) is 68.6 Å². The third-order valence-corrected chi connectivity index (χ3v) is 13.9. The van der Waals surface area contributed by atoms with E-state index in [1.54, 1.807) is 117 Å². The third-order valence-electron chi connectivity index (χ3n) is 13.5. The molecule has 0 unspecified atom stereocenters. The molecule has 29 nitrogen and oxygen atoms in total. The van der Waals surface area contributed by atoms with Crippen molar-refractivity contribution in [3.05, 3.63) is 128 Å². The van der Waals surface area contributed by atoms with E-state index in [0.29, 0.717) is 144 Å². The molecule has 0 atom stereocenters. The molecule has 0 aliphatic heterocycles. The average molecular weight is 1340 g/mol. The van der Waals surface area contributed by atoms with Gasteiger partial charge in [-0.2, -0.15) is 25.5 Å². The zero-order chi connectivity index (χ0) is 67.2. The van der Waals surface area contributed by atoms with E-state index in [-0.39, 0.29) is 41.9 Å². The van der Waals surface area contributed by atoms with E-state index in [1.165, 1.54) is 31.2 Å². The Labute approximate surface area is 540 Å². The molecular weight excluding hydrogens is 1260 g/mol. The van der Waals surface area contributed by atoms with E-state index in [0.717, 1.165) is 10.0 Å². The number of H-pyrrole nitrogens is 1. The number of aromatic nitrogens is 14. The fraction of sp³-hybridized carbons (Fsp3) is 0.484. The van der Waals surface area contributed by atoms with Crippen molar-refractivity contribution < 1.29 is 67.0 Å². The number of aryl methyl sites for hydroxylation is 5. The monoisotopic (exact) mass is 1340 g/mol. The number of hydrogen-bond acceptors (Lipinski definition) is 23. The van der Waals surface area contributed by atoms with Gasteiger partial charge in [0.1, 0.15) is 27.8 Å². The number of carbonyl (C=O) groups is 5. The van der Waals surface area contributed by atoms with Crippen LogP contribution in [0.15, 0.2) is 60.1 Å². The number of anilines is 1. The predicted octanol–water partition coefficient (Wildman–Crippen LogP) is 9.55. The molecule has 0 radical (unpaired) electrons. The number of carbonyl (C=O) groups excluding carboxylic acids is 4. The number of nitrogens with two attached hydrogens (primary N) is 1. The maximum absolute atomic E-state index is 11.9. The highest BCUT2D eigenvalue weighted by molar-refractivity contribution is 9.10. The van der Waals surface area contributed by atoms with Gasteiger partial charge in [0, 0.05) is 88.1 Å². The third kappa shape index (κ3) is 19.4. The summed E-state index contributed by atoms with van der Waals surface area (Å²) in [6.45, 7) is 27.5. The molecule has 2 aliphatic rings. The molecule has 30 heteroatoms. The number of nitrogen functional groups attached to an aromatic ring is 1. The lowest BCUT2D eigenvalue weighted by atomic mass is 10.2. The van der Waals surface area contributed by atoms with Crippen LogP contribution in [0.3, 0.4) is 0 Å². The maximum Gasteiger partial charge on any atom is 0.343 e. The number of aromatic carboxylic acids is 1. The highest BCUT2D eigenvalue weighted by Crippen LogP contribution is 2.40. The van der Waals surface area contributed by atoms with Gasteiger partial charge in [-0.1, -0.05) is 0 Å². The second-order valence-electron chi connectivity index (χ2n) is 20.3. The number of nitrogens with zero attached hydrogens (tertiary/aromatic N) is 13. The van der Waals surface area contributed by atoms with Crippen LogP contribution in [-0.4, -0.2) is 169 Å². The number of carboxylic acid groups (broad SMARTS) is 1. The summed E-state index contributed by atoms with van der Waals surface area (Å²) >= 11 is 3.29. The summed E-state index contributed by atoms with van der Waals surface area (Å²) in [5, 5.41) is 32.2. The van der Waals surface area contributed by atoms with Crippen molar-refractivity contribution >= 4 is 74.2 Å². The Kier molecular flexibility index (Phi) is 27.6. The van der Waals surface area contributed by atoms with Crippen LogP contribution >= 0.6 is 15.9 Å². The molecule has 92 heavy (non-hydrogen) atoms. The van der Waals surface area contributed by atoms with Crippen LogP contribution in [0.4, 0.5) is 5.82 Å². The number of ether oxygens (including phenoxy) is 8. The number of fused-ring (bicyclic) bond motifs is 4. The van der Waals surface area contributed by atoms with Crippen molar-refractivity contribution in [2.75, 3.05) is 58.6 Å². The average Bonchev–Trinajstić information content (AvgIpc) is 1.66. The van der Waals surface area contributed by atoms with Gasteiger partial charge in [-0.15, -0.1) is 0 Å². The molecule has 9 heterocycles. The number of esters is 4. The first kappa shape index (κ1) is 72.2. The summed E-state index contributed by atoms with van der Waals surface area (Å²) < 4.78 is 48.6. The maximum atomic E-state index is 11.9. The lowest BCUT2D eigenvalue weighted by Crippen LogP contribution is -2.28. The molecule has 2 aliphatic carbocycles. The lowest BCUT2D eigenvalue weighted by Gasteiger charge is -2.23. The van der Waals surface area contributed by atoms with Crippen molar-refractivity contribution in [2.24, 2.45) is 0 Å². The molecule has 9 aromatic rings. The normalized spacial score (nSPS) is 12.4. The van der Waals surface area contributed by atoms with Crippen molar-refractivity contribution in [3.8, 4) is 0 Å². The largest absolute Gasteiger partial charge is 0.477 e. The van der Waals surface area contributed by atoms with Gasteiger partial charge in [0.2, 0.25) is 0 Å². The zero-order valence-corrected chi connectivity index (χ0v) is 55.8. The second kappa shape index (κ2) is 35.1. The lowest BCUT2D eigenvalue weighted by molar-refractivity contribution is -0.207. The van der Waals surface area contributed by atoms with Crippen LogP contribution in [0.25, 0.3) is 22.6 Å². The molecule has 0 aromatic carbocycles. The molecule has 11 rings (SSSR count). The van der Waals surface area contributed by atoms with E-state index < -0.39 is 11.9 Å².